The number of carbonyl (C=O) groups excluding carboxylic acids is 1. The highest BCUT2D eigenvalue weighted by Crippen LogP contribution is 2.16. The number of aromatic amines is 1. The molecule has 27 heavy (non-hydrogen) atoms. The fraction of sp³-hybridized carbons (Fsp3) is 0.474. The van der Waals surface area contributed by atoms with Crippen LogP contribution >= 0.6 is 0 Å². The molecule has 8 nitrogen and oxygen atoms in total. The minimum atomic E-state index is 0.0976. The normalized spacial score (nSPS) is 11.3. The van der Waals surface area contributed by atoms with Gasteiger partial charge in [-0.2, -0.15) is 5.10 Å². The van der Waals surface area contributed by atoms with Gasteiger partial charge in [0.1, 0.15) is 6.33 Å². The minimum Gasteiger partial charge on any atom is -0.357 e. The third-order valence-electron chi connectivity index (χ3n) is 4.21. The molecule has 2 aromatic rings. The molecular weight excluding hydrogens is 342 g/mol. The van der Waals surface area contributed by atoms with E-state index in [9.17, 15) is 4.79 Å². The number of nitrogens with one attached hydrogen (secondary N) is 2. The summed E-state index contributed by atoms with van der Waals surface area (Å²) in [5, 5.41) is 10.0. The number of carbonyl (C=O) groups is 1. The molecule has 0 fully saturated rings. The van der Waals surface area contributed by atoms with Crippen LogP contribution in [0, 0.1) is 0 Å². The fourth-order valence-corrected chi connectivity index (χ4v) is 2.75. The maximum atomic E-state index is 12.4. The third-order valence-corrected chi connectivity index (χ3v) is 4.21. The highest BCUT2D eigenvalue weighted by molar-refractivity contribution is 5.86. The Balaban J connectivity index is 2.08. The summed E-state index contributed by atoms with van der Waals surface area (Å²) in [6.07, 6.45) is 1.49. The first-order valence-electron chi connectivity index (χ1n) is 9.30. The number of hydrogen-bond donors (Lipinski definition) is 2. The van der Waals surface area contributed by atoms with Crippen molar-refractivity contribution in [2.75, 3.05) is 33.2 Å². The van der Waals surface area contributed by atoms with Gasteiger partial charge in [0.2, 0.25) is 5.91 Å². The Hall–Kier alpha value is -2.90. The van der Waals surface area contributed by atoms with Crippen molar-refractivity contribution in [3.63, 3.8) is 0 Å². The van der Waals surface area contributed by atoms with Crippen LogP contribution in [-0.4, -0.2) is 70.1 Å². The number of rotatable bonds is 8. The quantitative estimate of drug-likeness (QED) is 0.545. The van der Waals surface area contributed by atoms with E-state index >= 15 is 0 Å². The van der Waals surface area contributed by atoms with Crippen LogP contribution in [-0.2, 0) is 11.3 Å². The monoisotopic (exact) mass is 371 g/mol. The van der Waals surface area contributed by atoms with Crippen molar-refractivity contribution in [1.29, 1.82) is 0 Å². The minimum absolute atomic E-state index is 0.0976. The second-order valence-electron chi connectivity index (χ2n) is 6.13. The van der Waals surface area contributed by atoms with Crippen LogP contribution in [0.3, 0.4) is 0 Å². The summed E-state index contributed by atoms with van der Waals surface area (Å²) in [5.41, 5.74) is 2.03. The Morgan fingerprint density at radius 3 is 2.67 bits per heavy atom. The van der Waals surface area contributed by atoms with Gasteiger partial charge in [-0.05, 0) is 32.4 Å². The summed E-state index contributed by atoms with van der Waals surface area (Å²) in [6.45, 7) is 8.96. The zero-order chi connectivity index (χ0) is 19.6. The number of likely N-dealkylation sites (N-methyl/N-ethyl adjacent to an activating group) is 2. The molecule has 0 spiro atoms. The van der Waals surface area contributed by atoms with E-state index in [0.29, 0.717) is 32.1 Å². The number of amides is 1. The Labute approximate surface area is 160 Å². The summed E-state index contributed by atoms with van der Waals surface area (Å²) in [5.74, 6) is 1.54. The van der Waals surface area contributed by atoms with E-state index in [1.165, 1.54) is 6.33 Å². The van der Waals surface area contributed by atoms with Gasteiger partial charge in [0.15, 0.2) is 11.8 Å². The van der Waals surface area contributed by atoms with Gasteiger partial charge in [0, 0.05) is 32.2 Å². The zero-order valence-corrected chi connectivity index (χ0v) is 16.6. The van der Waals surface area contributed by atoms with Crippen LogP contribution in [0.1, 0.15) is 26.3 Å². The van der Waals surface area contributed by atoms with E-state index < -0.39 is 0 Å². The number of aromatic nitrogens is 3. The SMILES string of the molecule is CCNC(=NCc1cccc(-c2ncn[nH]2)c1)N(C)CC(=O)N(CC)CC. The van der Waals surface area contributed by atoms with Crippen molar-refractivity contribution < 1.29 is 4.79 Å². The largest absolute Gasteiger partial charge is 0.357 e. The third kappa shape index (κ3) is 5.80. The molecule has 2 rings (SSSR count). The van der Waals surface area contributed by atoms with Crippen LogP contribution in [0.5, 0.6) is 0 Å². The van der Waals surface area contributed by atoms with E-state index in [4.69, 9.17) is 0 Å². The highest BCUT2D eigenvalue weighted by atomic mass is 16.2. The van der Waals surface area contributed by atoms with Crippen LogP contribution in [0.2, 0.25) is 0 Å². The molecule has 0 saturated heterocycles. The number of benzene rings is 1. The second-order valence-corrected chi connectivity index (χ2v) is 6.13. The number of aliphatic imine (C=N–C) groups is 1. The first-order valence-corrected chi connectivity index (χ1v) is 9.30. The Morgan fingerprint density at radius 1 is 1.26 bits per heavy atom. The van der Waals surface area contributed by atoms with E-state index in [2.05, 4.69) is 25.5 Å². The van der Waals surface area contributed by atoms with Crippen molar-refractivity contribution in [3.05, 3.63) is 36.2 Å². The van der Waals surface area contributed by atoms with Crippen molar-refractivity contribution in [2.24, 2.45) is 4.99 Å². The predicted octanol–water partition coefficient (Wildman–Crippen LogP) is 1.74. The number of hydrogen-bond acceptors (Lipinski definition) is 4. The van der Waals surface area contributed by atoms with E-state index in [-0.39, 0.29) is 5.91 Å². The molecular formula is C19H29N7O. The first-order chi connectivity index (χ1) is 13.1. The molecule has 1 aromatic heterocycles. The van der Waals surface area contributed by atoms with Gasteiger partial charge in [0.05, 0.1) is 13.1 Å². The summed E-state index contributed by atoms with van der Waals surface area (Å²) >= 11 is 0. The number of guanidine groups is 1. The van der Waals surface area contributed by atoms with E-state index in [0.717, 1.165) is 23.5 Å². The molecule has 0 aliphatic rings. The molecule has 1 amide bonds. The Morgan fingerprint density at radius 2 is 2.04 bits per heavy atom. The molecule has 0 aliphatic carbocycles. The van der Waals surface area contributed by atoms with E-state index in [1.54, 1.807) is 0 Å². The molecule has 146 valence electrons. The molecule has 1 heterocycles. The van der Waals surface area contributed by atoms with Crippen LogP contribution in [0.25, 0.3) is 11.4 Å². The molecule has 0 saturated carbocycles. The smallest absolute Gasteiger partial charge is 0.242 e. The lowest BCUT2D eigenvalue weighted by atomic mass is 10.1. The van der Waals surface area contributed by atoms with Gasteiger partial charge in [-0.3, -0.25) is 9.89 Å². The first kappa shape index (κ1) is 20.4. The van der Waals surface area contributed by atoms with Crippen molar-refractivity contribution in [2.45, 2.75) is 27.3 Å². The highest BCUT2D eigenvalue weighted by Gasteiger charge is 2.15. The molecule has 0 radical (unpaired) electrons. The summed E-state index contributed by atoms with van der Waals surface area (Å²) in [4.78, 5) is 24.9. The Kier molecular flexibility index (Phi) is 7.79. The lowest BCUT2D eigenvalue weighted by Gasteiger charge is -2.25. The number of H-pyrrole nitrogens is 1. The van der Waals surface area contributed by atoms with Crippen molar-refractivity contribution in [3.8, 4) is 11.4 Å². The zero-order valence-electron chi connectivity index (χ0n) is 16.6. The topological polar surface area (TPSA) is 89.5 Å². The second kappa shape index (κ2) is 10.3. The summed E-state index contributed by atoms with van der Waals surface area (Å²) in [6, 6.07) is 8.01. The van der Waals surface area contributed by atoms with Gasteiger partial charge < -0.3 is 15.1 Å². The standard InChI is InChI=1S/C19H29N7O/c1-5-20-19(25(4)13-17(27)26(6-2)7-3)21-12-15-9-8-10-16(11-15)18-22-14-23-24-18/h8-11,14H,5-7,12-13H2,1-4H3,(H,20,21)(H,22,23,24). The maximum Gasteiger partial charge on any atom is 0.242 e. The molecule has 8 heteroatoms. The molecule has 0 atom stereocenters. The molecule has 0 bridgehead atoms. The molecule has 0 aliphatic heterocycles. The molecule has 2 N–H and O–H groups in total. The lowest BCUT2D eigenvalue weighted by Crippen LogP contribution is -2.45. The van der Waals surface area contributed by atoms with Gasteiger partial charge in [-0.1, -0.05) is 18.2 Å². The Bertz CT molecular complexity index is 738. The summed E-state index contributed by atoms with van der Waals surface area (Å²) in [7, 11) is 1.88. The predicted molar refractivity (Wildman–Crippen MR) is 107 cm³/mol. The van der Waals surface area contributed by atoms with Crippen molar-refractivity contribution in [1.82, 2.24) is 30.3 Å². The van der Waals surface area contributed by atoms with Crippen molar-refractivity contribution >= 4 is 11.9 Å². The lowest BCUT2D eigenvalue weighted by molar-refractivity contribution is -0.131. The van der Waals surface area contributed by atoms with Crippen LogP contribution < -0.4 is 5.32 Å². The average Bonchev–Trinajstić information content (AvgIpc) is 3.21. The van der Waals surface area contributed by atoms with Gasteiger partial charge >= 0.3 is 0 Å². The average molecular weight is 371 g/mol. The van der Waals surface area contributed by atoms with Crippen LogP contribution in [0.15, 0.2) is 35.6 Å². The number of nitrogens with zero attached hydrogens (tertiary/aromatic N) is 5. The summed E-state index contributed by atoms with van der Waals surface area (Å²) < 4.78 is 0. The molecule has 1 aromatic carbocycles. The maximum absolute atomic E-state index is 12.4. The fourth-order valence-electron chi connectivity index (χ4n) is 2.75. The van der Waals surface area contributed by atoms with Gasteiger partial charge in [-0.25, -0.2) is 9.98 Å². The molecule has 0 unspecified atom stereocenters. The van der Waals surface area contributed by atoms with Gasteiger partial charge in [0.25, 0.3) is 0 Å². The van der Waals surface area contributed by atoms with Crippen LogP contribution in [0.4, 0.5) is 0 Å². The van der Waals surface area contributed by atoms with E-state index in [1.807, 2.05) is 61.9 Å². The van der Waals surface area contributed by atoms with Gasteiger partial charge in [-0.15, -0.1) is 0 Å².